The van der Waals surface area contributed by atoms with Crippen LogP contribution < -0.4 is 4.74 Å². The molecule has 0 aliphatic rings. The second-order valence-corrected chi connectivity index (χ2v) is 4.49. The van der Waals surface area contributed by atoms with Crippen LogP contribution in [0.2, 0.25) is 0 Å². The van der Waals surface area contributed by atoms with Gasteiger partial charge in [-0.3, -0.25) is 0 Å². The van der Waals surface area contributed by atoms with E-state index in [0.717, 1.165) is 5.56 Å². The second kappa shape index (κ2) is 5.43. The molecule has 1 aromatic carbocycles. The second-order valence-electron chi connectivity index (χ2n) is 3.64. The summed E-state index contributed by atoms with van der Waals surface area (Å²) in [7, 11) is 0. The first kappa shape index (κ1) is 12.3. The predicted octanol–water partition coefficient (Wildman–Crippen LogP) is 2.74. The fourth-order valence-corrected chi connectivity index (χ4v) is 2.10. The Morgan fingerprint density at radius 3 is 2.72 bits per heavy atom. The zero-order chi connectivity index (χ0) is 13.0. The lowest BCUT2D eigenvalue weighted by Gasteiger charge is -2.03. The molecule has 0 radical (unpaired) electrons. The summed E-state index contributed by atoms with van der Waals surface area (Å²) in [6.45, 7) is 1.77. The third-order valence-corrected chi connectivity index (χ3v) is 3.26. The molecular formula is C13H10N2O2S. The number of nitriles is 1. The van der Waals surface area contributed by atoms with Gasteiger partial charge >= 0.3 is 5.97 Å². The normalized spacial score (nSPS) is 9.78. The summed E-state index contributed by atoms with van der Waals surface area (Å²) < 4.78 is 5.22. The summed E-state index contributed by atoms with van der Waals surface area (Å²) >= 11 is 1.26. The van der Waals surface area contributed by atoms with Gasteiger partial charge in [0.15, 0.2) is 0 Å². The summed E-state index contributed by atoms with van der Waals surface area (Å²) in [6.07, 6.45) is 0.349. The molecule has 2 rings (SSSR count). The van der Waals surface area contributed by atoms with Crippen molar-refractivity contribution < 1.29 is 9.53 Å². The van der Waals surface area contributed by atoms with Crippen LogP contribution in [-0.4, -0.2) is 11.0 Å². The van der Waals surface area contributed by atoms with Crippen molar-refractivity contribution >= 4 is 17.3 Å². The maximum atomic E-state index is 11.8. The summed E-state index contributed by atoms with van der Waals surface area (Å²) in [6, 6.07) is 8.96. The van der Waals surface area contributed by atoms with E-state index < -0.39 is 5.97 Å². The van der Waals surface area contributed by atoms with Crippen molar-refractivity contribution in [3.05, 3.63) is 45.9 Å². The lowest BCUT2D eigenvalue weighted by Crippen LogP contribution is -2.08. The highest BCUT2D eigenvalue weighted by Crippen LogP contribution is 2.18. The van der Waals surface area contributed by atoms with Crippen LogP contribution in [0.1, 0.15) is 20.9 Å². The molecule has 0 bridgehead atoms. The largest absolute Gasteiger partial charge is 0.422 e. The van der Waals surface area contributed by atoms with Crippen LogP contribution in [0.3, 0.4) is 0 Å². The minimum atomic E-state index is -0.400. The highest BCUT2D eigenvalue weighted by Gasteiger charge is 2.13. The van der Waals surface area contributed by atoms with Gasteiger partial charge in [0.25, 0.3) is 0 Å². The molecule has 1 aromatic heterocycles. The molecule has 1 heterocycles. The van der Waals surface area contributed by atoms with Crippen LogP contribution in [0.5, 0.6) is 5.75 Å². The molecule has 0 unspecified atom stereocenters. The monoisotopic (exact) mass is 258 g/mol. The SMILES string of the molecule is Cc1ncsc1C(=O)Oc1ccc(CC#N)cc1. The molecule has 0 fully saturated rings. The van der Waals surface area contributed by atoms with Gasteiger partial charge in [0.2, 0.25) is 0 Å². The molecule has 0 spiro atoms. The van der Waals surface area contributed by atoms with Crippen molar-refractivity contribution in [1.29, 1.82) is 5.26 Å². The van der Waals surface area contributed by atoms with Crippen LogP contribution in [0.4, 0.5) is 0 Å². The van der Waals surface area contributed by atoms with Gasteiger partial charge in [0, 0.05) is 0 Å². The van der Waals surface area contributed by atoms with Crippen molar-refractivity contribution in [2.24, 2.45) is 0 Å². The van der Waals surface area contributed by atoms with Crippen molar-refractivity contribution in [2.45, 2.75) is 13.3 Å². The molecule has 0 saturated carbocycles. The summed E-state index contributed by atoms with van der Waals surface area (Å²) in [5, 5.41) is 8.55. The first-order chi connectivity index (χ1) is 8.70. The lowest BCUT2D eigenvalue weighted by molar-refractivity contribution is 0.0739. The summed E-state index contributed by atoms with van der Waals surface area (Å²) in [4.78, 5) is 16.3. The first-order valence-electron chi connectivity index (χ1n) is 5.29. The average molecular weight is 258 g/mol. The Morgan fingerprint density at radius 2 is 2.17 bits per heavy atom. The Kier molecular flexibility index (Phi) is 3.70. The standard InChI is InChI=1S/C13H10N2O2S/c1-9-12(18-8-15-9)13(16)17-11-4-2-10(3-5-11)6-7-14/h2-5,8H,6H2,1H3. The molecule has 0 amide bonds. The Balaban J connectivity index is 2.08. The van der Waals surface area contributed by atoms with E-state index in [-0.39, 0.29) is 0 Å². The third-order valence-electron chi connectivity index (χ3n) is 2.35. The molecule has 0 aliphatic carbocycles. The number of esters is 1. The lowest BCUT2D eigenvalue weighted by atomic mass is 10.2. The van der Waals surface area contributed by atoms with Gasteiger partial charge in [0.05, 0.1) is 23.7 Å². The van der Waals surface area contributed by atoms with Gasteiger partial charge in [0.1, 0.15) is 10.6 Å². The van der Waals surface area contributed by atoms with E-state index in [0.29, 0.717) is 22.7 Å². The van der Waals surface area contributed by atoms with Crippen LogP contribution >= 0.6 is 11.3 Å². The number of carbonyl (C=O) groups is 1. The maximum absolute atomic E-state index is 11.8. The van der Waals surface area contributed by atoms with Crippen molar-refractivity contribution in [2.75, 3.05) is 0 Å². The minimum absolute atomic E-state index is 0.349. The van der Waals surface area contributed by atoms with Gasteiger partial charge in [-0.2, -0.15) is 5.26 Å². The molecule has 18 heavy (non-hydrogen) atoms. The Labute approximate surface area is 108 Å². The number of aryl methyl sites for hydroxylation is 1. The van der Waals surface area contributed by atoms with E-state index in [1.165, 1.54) is 11.3 Å². The number of hydrogen-bond acceptors (Lipinski definition) is 5. The summed E-state index contributed by atoms with van der Waals surface area (Å²) in [5.74, 6) is 0.0672. The van der Waals surface area contributed by atoms with Gasteiger partial charge < -0.3 is 4.74 Å². The topological polar surface area (TPSA) is 63.0 Å². The van der Waals surface area contributed by atoms with Crippen molar-refractivity contribution in [3.8, 4) is 11.8 Å². The quantitative estimate of drug-likeness (QED) is 0.627. The van der Waals surface area contributed by atoms with Crippen LogP contribution in [0.25, 0.3) is 0 Å². The van der Waals surface area contributed by atoms with Crippen LogP contribution in [0.15, 0.2) is 29.8 Å². The van der Waals surface area contributed by atoms with E-state index in [9.17, 15) is 4.79 Å². The molecule has 2 aromatic rings. The molecule has 0 N–H and O–H groups in total. The number of carbonyl (C=O) groups excluding carboxylic acids is 1. The molecule has 0 aliphatic heterocycles. The Hall–Kier alpha value is -2.19. The maximum Gasteiger partial charge on any atom is 0.355 e. The van der Waals surface area contributed by atoms with E-state index >= 15 is 0 Å². The van der Waals surface area contributed by atoms with E-state index in [1.807, 2.05) is 0 Å². The zero-order valence-corrected chi connectivity index (χ0v) is 10.5. The molecule has 0 atom stereocenters. The van der Waals surface area contributed by atoms with Gasteiger partial charge in [-0.05, 0) is 24.6 Å². The fourth-order valence-electron chi connectivity index (χ4n) is 1.42. The van der Waals surface area contributed by atoms with Crippen LogP contribution in [-0.2, 0) is 6.42 Å². The number of aromatic nitrogens is 1. The molecule has 5 heteroatoms. The number of ether oxygens (including phenoxy) is 1. The molecule has 90 valence electrons. The number of hydrogen-bond donors (Lipinski definition) is 0. The highest BCUT2D eigenvalue weighted by molar-refractivity contribution is 7.11. The number of nitrogens with zero attached hydrogens (tertiary/aromatic N) is 2. The Bertz CT molecular complexity index is 596. The fraction of sp³-hybridized carbons (Fsp3) is 0.154. The van der Waals surface area contributed by atoms with Crippen molar-refractivity contribution in [3.63, 3.8) is 0 Å². The molecule has 0 saturated heterocycles. The van der Waals surface area contributed by atoms with Gasteiger partial charge in [-0.25, -0.2) is 9.78 Å². The Morgan fingerprint density at radius 1 is 1.44 bits per heavy atom. The number of thiazole rings is 1. The first-order valence-corrected chi connectivity index (χ1v) is 6.17. The van der Waals surface area contributed by atoms with Crippen LogP contribution in [0, 0.1) is 18.3 Å². The predicted molar refractivity (Wildman–Crippen MR) is 67.6 cm³/mol. The third kappa shape index (κ3) is 2.73. The molecular weight excluding hydrogens is 248 g/mol. The highest BCUT2D eigenvalue weighted by atomic mass is 32.1. The van der Waals surface area contributed by atoms with Crippen molar-refractivity contribution in [1.82, 2.24) is 4.98 Å². The van der Waals surface area contributed by atoms with E-state index in [2.05, 4.69) is 11.1 Å². The minimum Gasteiger partial charge on any atom is -0.422 e. The summed E-state index contributed by atoms with van der Waals surface area (Å²) in [5.41, 5.74) is 3.18. The van der Waals surface area contributed by atoms with E-state index in [4.69, 9.17) is 10.00 Å². The average Bonchev–Trinajstić information content (AvgIpc) is 2.78. The van der Waals surface area contributed by atoms with E-state index in [1.54, 1.807) is 36.7 Å². The van der Waals surface area contributed by atoms with Gasteiger partial charge in [-0.1, -0.05) is 12.1 Å². The molecule has 4 nitrogen and oxygen atoms in total. The zero-order valence-electron chi connectivity index (χ0n) is 9.71. The van der Waals surface area contributed by atoms with Gasteiger partial charge in [-0.15, -0.1) is 11.3 Å². The number of rotatable bonds is 3. The smallest absolute Gasteiger partial charge is 0.355 e. The number of benzene rings is 1.